The summed E-state index contributed by atoms with van der Waals surface area (Å²) in [6.07, 6.45) is 3.15. The monoisotopic (exact) mass is 417 g/mol. The quantitative estimate of drug-likeness (QED) is 0.567. The molecule has 0 radical (unpaired) electrons. The molecule has 2 N–H and O–H groups in total. The van der Waals surface area contributed by atoms with E-state index in [0.717, 1.165) is 16.9 Å². The first-order chi connectivity index (χ1) is 14.9. The van der Waals surface area contributed by atoms with Crippen LogP contribution in [-0.2, 0) is 11.3 Å². The maximum Gasteiger partial charge on any atom is 0.258 e. The van der Waals surface area contributed by atoms with Crippen molar-refractivity contribution in [3.63, 3.8) is 0 Å². The van der Waals surface area contributed by atoms with E-state index in [1.54, 1.807) is 30.6 Å². The Morgan fingerprint density at radius 1 is 1.03 bits per heavy atom. The predicted octanol–water partition coefficient (Wildman–Crippen LogP) is 4.46. The SMILES string of the molecule is Cc1ccc(C(C)C)cc1OCC(=O)NCc1cccc(NC(=O)c2ccncc2)c1. The standard InChI is InChI=1S/C25H27N3O3/c1-17(2)21-8-7-18(3)23(14-21)31-16-24(29)27-15-19-5-4-6-22(13-19)28-25(30)20-9-11-26-12-10-20/h4-14,17H,15-16H2,1-3H3,(H,27,29)(H,28,30). The van der Waals surface area contributed by atoms with Crippen LogP contribution >= 0.6 is 0 Å². The fourth-order valence-corrected chi connectivity index (χ4v) is 2.99. The minimum absolute atomic E-state index is 0.0547. The number of nitrogens with zero attached hydrogens (tertiary/aromatic N) is 1. The number of nitrogens with one attached hydrogen (secondary N) is 2. The Bertz CT molecular complexity index is 1050. The molecule has 0 aliphatic rings. The number of benzene rings is 2. The zero-order valence-corrected chi connectivity index (χ0v) is 18.0. The van der Waals surface area contributed by atoms with Crippen molar-refractivity contribution in [2.24, 2.45) is 0 Å². The summed E-state index contributed by atoms with van der Waals surface area (Å²) in [5.41, 5.74) is 4.23. The first-order valence-corrected chi connectivity index (χ1v) is 10.2. The van der Waals surface area contributed by atoms with E-state index in [0.29, 0.717) is 23.7 Å². The summed E-state index contributed by atoms with van der Waals surface area (Å²) >= 11 is 0. The number of hydrogen-bond donors (Lipinski definition) is 2. The normalized spacial score (nSPS) is 10.6. The number of anilines is 1. The predicted molar refractivity (Wildman–Crippen MR) is 121 cm³/mol. The number of ether oxygens (including phenoxy) is 1. The summed E-state index contributed by atoms with van der Waals surface area (Å²) in [7, 11) is 0. The molecule has 6 nitrogen and oxygen atoms in total. The van der Waals surface area contributed by atoms with Gasteiger partial charge in [0.1, 0.15) is 5.75 Å². The largest absolute Gasteiger partial charge is 0.483 e. The summed E-state index contributed by atoms with van der Waals surface area (Å²) in [6.45, 7) is 6.49. The van der Waals surface area contributed by atoms with Gasteiger partial charge in [0, 0.05) is 30.2 Å². The number of carbonyl (C=O) groups is 2. The lowest BCUT2D eigenvalue weighted by atomic mass is 10.0. The van der Waals surface area contributed by atoms with Gasteiger partial charge >= 0.3 is 0 Å². The molecule has 0 saturated carbocycles. The lowest BCUT2D eigenvalue weighted by Crippen LogP contribution is -2.28. The highest BCUT2D eigenvalue weighted by atomic mass is 16.5. The van der Waals surface area contributed by atoms with E-state index in [1.165, 1.54) is 5.56 Å². The number of hydrogen-bond acceptors (Lipinski definition) is 4. The Kier molecular flexibility index (Phi) is 7.38. The summed E-state index contributed by atoms with van der Waals surface area (Å²) in [5, 5.41) is 5.70. The van der Waals surface area contributed by atoms with E-state index in [2.05, 4.69) is 35.5 Å². The van der Waals surface area contributed by atoms with Crippen LogP contribution < -0.4 is 15.4 Å². The van der Waals surface area contributed by atoms with E-state index in [9.17, 15) is 9.59 Å². The Labute approximate surface area is 182 Å². The molecule has 2 aromatic carbocycles. The van der Waals surface area contributed by atoms with Gasteiger partial charge in [0.15, 0.2) is 6.61 Å². The zero-order chi connectivity index (χ0) is 22.2. The second kappa shape index (κ2) is 10.4. The molecule has 1 aromatic heterocycles. The van der Waals surface area contributed by atoms with Crippen molar-refractivity contribution in [3.8, 4) is 5.75 Å². The van der Waals surface area contributed by atoms with Gasteiger partial charge in [-0.25, -0.2) is 0 Å². The van der Waals surface area contributed by atoms with Crippen LogP contribution in [0, 0.1) is 6.92 Å². The third kappa shape index (κ3) is 6.40. The van der Waals surface area contributed by atoms with Gasteiger partial charge < -0.3 is 15.4 Å². The molecule has 160 valence electrons. The van der Waals surface area contributed by atoms with Crippen molar-refractivity contribution in [3.05, 3.63) is 89.2 Å². The maximum atomic E-state index is 12.3. The van der Waals surface area contributed by atoms with Crippen LogP contribution in [0.15, 0.2) is 67.0 Å². The molecule has 0 saturated heterocycles. The molecule has 3 aromatic rings. The highest BCUT2D eigenvalue weighted by Crippen LogP contribution is 2.24. The molecule has 0 aliphatic heterocycles. The van der Waals surface area contributed by atoms with Crippen LogP contribution in [0.1, 0.15) is 46.8 Å². The molecule has 1 heterocycles. The lowest BCUT2D eigenvalue weighted by Gasteiger charge is -2.13. The van der Waals surface area contributed by atoms with E-state index in [-0.39, 0.29) is 18.4 Å². The molecule has 0 unspecified atom stereocenters. The van der Waals surface area contributed by atoms with Crippen molar-refractivity contribution < 1.29 is 14.3 Å². The average Bonchev–Trinajstić information content (AvgIpc) is 2.77. The summed E-state index contributed by atoms with van der Waals surface area (Å²) in [4.78, 5) is 28.4. The molecular formula is C25H27N3O3. The van der Waals surface area contributed by atoms with Crippen LogP contribution in [0.4, 0.5) is 5.69 Å². The fourth-order valence-electron chi connectivity index (χ4n) is 2.99. The second-order valence-corrected chi connectivity index (χ2v) is 7.64. The molecule has 31 heavy (non-hydrogen) atoms. The minimum Gasteiger partial charge on any atom is -0.483 e. The van der Waals surface area contributed by atoms with Gasteiger partial charge in [0.05, 0.1) is 0 Å². The third-order valence-corrected chi connectivity index (χ3v) is 4.85. The molecule has 0 atom stereocenters. The molecule has 2 amide bonds. The van der Waals surface area contributed by atoms with Crippen molar-refractivity contribution >= 4 is 17.5 Å². The van der Waals surface area contributed by atoms with Crippen molar-refractivity contribution in [2.45, 2.75) is 33.2 Å². The Morgan fingerprint density at radius 2 is 1.81 bits per heavy atom. The Balaban J connectivity index is 1.52. The number of rotatable bonds is 8. The van der Waals surface area contributed by atoms with Gasteiger partial charge in [-0.3, -0.25) is 14.6 Å². The van der Waals surface area contributed by atoms with Gasteiger partial charge in [-0.1, -0.05) is 38.1 Å². The molecule has 0 aliphatic carbocycles. The summed E-state index contributed by atoms with van der Waals surface area (Å²) in [6, 6.07) is 16.7. The molecule has 0 spiro atoms. The third-order valence-electron chi connectivity index (χ3n) is 4.85. The maximum absolute atomic E-state index is 12.3. The van der Waals surface area contributed by atoms with Gasteiger partial charge in [-0.2, -0.15) is 0 Å². The van der Waals surface area contributed by atoms with Crippen LogP contribution in [0.2, 0.25) is 0 Å². The van der Waals surface area contributed by atoms with Crippen LogP contribution in [-0.4, -0.2) is 23.4 Å². The first kappa shape index (κ1) is 22.0. The number of carbonyl (C=O) groups excluding carboxylic acids is 2. The Hall–Kier alpha value is -3.67. The highest BCUT2D eigenvalue weighted by Gasteiger charge is 2.09. The Morgan fingerprint density at radius 3 is 2.55 bits per heavy atom. The first-order valence-electron chi connectivity index (χ1n) is 10.2. The van der Waals surface area contributed by atoms with Gasteiger partial charge in [0.2, 0.25) is 0 Å². The highest BCUT2D eigenvalue weighted by molar-refractivity contribution is 6.04. The van der Waals surface area contributed by atoms with E-state index >= 15 is 0 Å². The topological polar surface area (TPSA) is 80.3 Å². The van der Waals surface area contributed by atoms with E-state index in [4.69, 9.17) is 4.74 Å². The zero-order valence-electron chi connectivity index (χ0n) is 18.0. The van der Waals surface area contributed by atoms with Crippen LogP contribution in [0.25, 0.3) is 0 Å². The molecule has 3 rings (SSSR count). The lowest BCUT2D eigenvalue weighted by molar-refractivity contribution is -0.123. The van der Waals surface area contributed by atoms with Gasteiger partial charge in [-0.05, 0) is 59.9 Å². The minimum atomic E-state index is -0.212. The van der Waals surface area contributed by atoms with E-state index in [1.807, 2.05) is 37.3 Å². The second-order valence-electron chi connectivity index (χ2n) is 7.64. The average molecular weight is 418 g/mol. The molecule has 0 fully saturated rings. The van der Waals surface area contributed by atoms with Gasteiger partial charge in [0.25, 0.3) is 11.8 Å². The smallest absolute Gasteiger partial charge is 0.258 e. The molecule has 6 heteroatoms. The number of aryl methyl sites for hydroxylation is 1. The molecule has 0 bridgehead atoms. The number of pyridine rings is 1. The summed E-state index contributed by atoms with van der Waals surface area (Å²) in [5.74, 6) is 0.696. The molecular weight excluding hydrogens is 390 g/mol. The van der Waals surface area contributed by atoms with Crippen LogP contribution in [0.3, 0.4) is 0 Å². The number of aromatic nitrogens is 1. The van der Waals surface area contributed by atoms with Crippen molar-refractivity contribution in [1.82, 2.24) is 10.3 Å². The number of amides is 2. The fraction of sp³-hybridized carbons (Fsp3) is 0.240. The van der Waals surface area contributed by atoms with Crippen LogP contribution in [0.5, 0.6) is 5.75 Å². The van der Waals surface area contributed by atoms with Crippen molar-refractivity contribution in [2.75, 3.05) is 11.9 Å². The van der Waals surface area contributed by atoms with E-state index < -0.39 is 0 Å². The van der Waals surface area contributed by atoms with Crippen molar-refractivity contribution in [1.29, 1.82) is 0 Å². The summed E-state index contributed by atoms with van der Waals surface area (Å²) < 4.78 is 5.73. The van der Waals surface area contributed by atoms with Gasteiger partial charge in [-0.15, -0.1) is 0 Å².